The Balaban J connectivity index is 1.81. The molecule has 0 spiro atoms. The lowest BCUT2D eigenvalue weighted by atomic mass is 10.0. The highest BCUT2D eigenvalue weighted by Gasteiger charge is 2.50. The first-order valence-corrected chi connectivity index (χ1v) is 7.76. The Labute approximate surface area is 135 Å². The van der Waals surface area contributed by atoms with E-state index < -0.39 is 29.1 Å². The van der Waals surface area contributed by atoms with Crippen LogP contribution in [0.4, 0.5) is 9.18 Å². The fourth-order valence-electron chi connectivity index (χ4n) is 2.44. The van der Waals surface area contributed by atoms with E-state index >= 15 is 0 Å². The van der Waals surface area contributed by atoms with Crippen LogP contribution >= 0.6 is 11.3 Å². The van der Waals surface area contributed by atoms with Crippen LogP contribution in [0.3, 0.4) is 0 Å². The number of imide groups is 1. The van der Waals surface area contributed by atoms with Crippen LogP contribution in [0.2, 0.25) is 0 Å². The van der Waals surface area contributed by atoms with Crippen molar-refractivity contribution in [1.82, 2.24) is 10.2 Å². The van der Waals surface area contributed by atoms with Crippen LogP contribution in [0, 0.1) is 5.82 Å². The maximum atomic E-state index is 12.9. The quantitative estimate of drug-likeness (QED) is 0.691. The van der Waals surface area contributed by atoms with E-state index in [1.165, 1.54) is 23.5 Å². The summed E-state index contributed by atoms with van der Waals surface area (Å²) < 4.78 is 12.9. The topological polar surface area (TPSA) is 66.5 Å². The largest absolute Gasteiger partial charge is 0.325 e. The molecule has 1 fully saturated rings. The molecule has 118 valence electrons. The van der Waals surface area contributed by atoms with Gasteiger partial charge in [0.1, 0.15) is 5.82 Å². The van der Waals surface area contributed by atoms with Crippen molar-refractivity contribution < 1.29 is 18.8 Å². The Bertz CT molecular complexity index is 773. The van der Waals surface area contributed by atoms with Crippen molar-refractivity contribution >= 4 is 29.1 Å². The molecule has 1 aliphatic rings. The van der Waals surface area contributed by atoms with E-state index in [1.54, 1.807) is 19.1 Å². The van der Waals surface area contributed by atoms with E-state index in [1.807, 2.05) is 5.38 Å². The number of carbonyl (C=O) groups excluding carboxylic acids is 3. The summed E-state index contributed by atoms with van der Waals surface area (Å²) in [6.45, 7) is 1.23. The first-order valence-electron chi connectivity index (χ1n) is 6.88. The summed E-state index contributed by atoms with van der Waals surface area (Å²) >= 11 is 1.35. The van der Waals surface area contributed by atoms with Crippen molar-refractivity contribution in [1.29, 1.82) is 0 Å². The fraction of sp³-hybridized carbons (Fsp3) is 0.188. The monoisotopic (exact) mass is 332 g/mol. The Hall–Kier alpha value is -2.54. The number of ketones is 1. The summed E-state index contributed by atoms with van der Waals surface area (Å²) in [6, 6.07) is 7.92. The molecule has 1 aromatic carbocycles. The zero-order valence-electron chi connectivity index (χ0n) is 12.2. The lowest BCUT2D eigenvalue weighted by Crippen LogP contribution is -2.40. The molecule has 0 saturated carbocycles. The molecule has 5 nitrogen and oxygen atoms in total. The van der Waals surface area contributed by atoms with Gasteiger partial charge in [0.15, 0.2) is 11.3 Å². The van der Waals surface area contributed by atoms with Crippen LogP contribution in [0.1, 0.15) is 22.2 Å². The molecular weight excluding hydrogens is 319 g/mol. The molecule has 3 rings (SSSR count). The van der Waals surface area contributed by atoms with Gasteiger partial charge < -0.3 is 5.32 Å². The Morgan fingerprint density at radius 3 is 2.57 bits per heavy atom. The maximum Gasteiger partial charge on any atom is 0.325 e. The minimum atomic E-state index is -1.16. The van der Waals surface area contributed by atoms with E-state index in [2.05, 4.69) is 5.32 Å². The van der Waals surface area contributed by atoms with Crippen molar-refractivity contribution in [2.75, 3.05) is 6.54 Å². The number of carbonyl (C=O) groups is 3. The van der Waals surface area contributed by atoms with E-state index in [0.29, 0.717) is 4.88 Å². The minimum absolute atomic E-state index is 0.247. The minimum Gasteiger partial charge on any atom is -0.319 e. The molecular formula is C16H13FN2O3S. The molecule has 3 amide bonds. The standard InChI is InChI=1S/C16H13FN2O3S/c1-16(13-3-2-8-23-13)14(21)19(15(22)18-16)9-12(20)10-4-6-11(17)7-5-10/h2-8H,9H2,1H3,(H,18,22). The molecule has 2 aromatic rings. The Kier molecular flexibility index (Phi) is 3.73. The van der Waals surface area contributed by atoms with Gasteiger partial charge in [0.05, 0.1) is 6.54 Å². The van der Waals surface area contributed by atoms with Gasteiger partial charge in [-0.05, 0) is 42.6 Å². The maximum absolute atomic E-state index is 12.9. The number of hydrogen-bond donors (Lipinski definition) is 1. The van der Waals surface area contributed by atoms with Crippen LogP contribution in [-0.2, 0) is 10.3 Å². The van der Waals surface area contributed by atoms with Crippen LogP contribution < -0.4 is 5.32 Å². The van der Waals surface area contributed by atoms with Gasteiger partial charge in [-0.15, -0.1) is 11.3 Å². The SMILES string of the molecule is CC1(c2cccs2)NC(=O)N(CC(=O)c2ccc(F)cc2)C1=O. The number of Topliss-reactive ketones (excluding diaryl/α,β-unsaturated/α-hetero) is 1. The molecule has 1 aromatic heterocycles. The second-order valence-electron chi connectivity index (χ2n) is 5.35. The number of nitrogens with one attached hydrogen (secondary N) is 1. The smallest absolute Gasteiger partial charge is 0.319 e. The van der Waals surface area contributed by atoms with Crippen molar-refractivity contribution in [3.63, 3.8) is 0 Å². The number of benzene rings is 1. The second kappa shape index (κ2) is 5.58. The number of amides is 3. The van der Waals surface area contributed by atoms with Gasteiger partial charge in [0, 0.05) is 10.4 Å². The molecule has 1 unspecified atom stereocenters. The third-order valence-electron chi connectivity index (χ3n) is 3.76. The summed E-state index contributed by atoms with van der Waals surface area (Å²) in [5.74, 6) is -1.36. The number of rotatable bonds is 4. The van der Waals surface area contributed by atoms with Crippen molar-refractivity contribution in [3.05, 3.63) is 58.0 Å². The Morgan fingerprint density at radius 2 is 1.96 bits per heavy atom. The summed E-state index contributed by atoms with van der Waals surface area (Å²) in [5.41, 5.74) is -0.911. The van der Waals surface area contributed by atoms with Gasteiger partial charge >= 0.3 is 6.03 Å². The van der Waals surface area contributed by atoms with Gasteiger partial charge in [0.25, 0.3) is 5.91 Å². The summed E-state index contributed by atoms with van der Waals surface area (Å²) in [6.07, 6.45) is 0. The normalized spacial score (nSPS) is 20.7. The van der Waals surface area contributed by atoms with Gasteiger partial charge in [-0.25, -0.2) is 9.18 Å². The third kappa shape index (κ3) is 2.63. The van der Waals surface area contributed by atoms with Crippen LogP contribution in [0.15, 0.2) is 41.8 Å². The summed E-state index contributed by atoms with van der Waals surface area (Å²) in [5, 5.41) is 4.45. The second-order valence-corrected chi connectivity index (χ2v) is 6.30. The zero-order chi connectivity index (χ0) is 16.6. The highest BCUT2D eigenvalue weighted by Crippen LogP contribution is 2.31. The molecule has 1 saturated heterocycles. The number of halogens is 1. The molecule has 0 aliphatic carbocycles. The first kappa shape index (κ1) is 15.4. The van der Waals surface area contributed by atoms with Crippen LogP contribution in [0.5, 0.6) is 0 Å². The van der Waals surface area contributed by atoms with Gasteiger partial charge in [0.2, 0.25) is 0 Å². The van der Waals surface area contributed by atoms with Crippen LogP contribution in [0.25, 0.3) is 0 Å². The van der Waals surface area contributed by atoms with E-state index in [9.17, 15) is 18.8 Å². The zero-order valence-corrected chi connectivity index (χ0v) is 13.0. The molecule has 2 heterocycles. The fourth-order valence-corrected chi connectivity index (χ4v) is 3.28. The molecule has 1 aliphatic heterocycles. The van der Waals surface area contributed by atoms with Crippen LogP contribution in [-0.4, -0.2) is 29.2 Å². The molecule has 1 atom stereocenters. The van der Waals surface area contributed by atoms with Crippen molar-refractivity contribution in [2.24, 2.45) is 0 Å². The number of hydrogen-bond acceptors (Lipinski definition) is 4. The van der Waals surface area contributed by atoms with E-state index in [-0.39, 0.29) is 12.1 Å². The molecule has 0 radical (unpaired) electrons. The van der Waals surface area contributed by atoms with Gasteiger partial charge in [-0.2, -0.15) is 0 Å². The Morgan fingerprint density at radius 1 is 1.26 bits per heavy atom. The lowest BCUT2D eigenvalue weighted by Gasteiger charge is -2.19. The summed E-state index contributed by atoms with van der Waals surface area (Å²) in [4.78, 5) is 38.5. The number of urea groups is 1. The lowest BCUT2D eigenvalue weighted by molar-refractivity contribution is -0.130. The van der Waals surface area contributed by atoms with Crippen molar-refractivity contribution in [3.8, 4) is 0 Å². The predicted octanol–water partition coefficient (Wildman–Crippen LogP) is 2.54. The number of nitrogens with zero attached hydrogens (tertiary/aromatic N) is 1. The van der Waals surface area contributed by atoms with E-state index in [4.69, 9.17) is 0 Å². The highest BCUT2D eigenvalue weighted by atomic mass is 32.1. The van der Waals surface area contributed by atoms with Gasteiger partial charge in [-0.3, -0.25) is 14.5 Å². The highest BCUT2D eigenvalue weighted by molar-refractivity contribution is 7.10. The third-order valence-corrected chi connectivity index (χ3v) is 4.85. The molecule has 23 heavy (non-hydrogen) atoms. The van der Waals surface area contributed by atoms with E-state index in [0.717, 1.165) is 17.0 Å². The summed E-state index contributed by atoms with van der Waals surface area (Å²) in [7, 11) is 0. The molecule has 1 N–H and O–H groups in total. The average molecular weight is 332 g/mol. The van der Waals surface area contributed by atoms with Crippen molar-refractivity contribution in [2.45, 2.75) is 12.5 Å². The predicted molar refractivity (Wildman–Crippen MR) is 82.6 cm³/mol. The molecule has 0 bridgehead atoms. The average Bonchev–Trinajstić information content (AvgIpc) is 3.12. The van der Waals surface area contributed by atoms with Gasteiger partial charge in [-0.1, -0.05) is 6.07 Å². The molecule has 7 heteroatoms. The first-order chi connectivity index (χ1) is 10.9. The number of thiophene rings is 1.